The molecule has 0 saturated heterocycles. The van der Waals surface area contributed by atoms with Crippen LogP contribution >= 0.6 is 0 Å². The van der Waals surface area contributed by atoms with Crippen molar-refractivity contribution in [2.45, 2.75) is 0 Å². The van der Waals surface area contributed by atoms with E-state index in [0.29, 0.717) is 5.56 Å². The van der Waals surface area contributed by atoms with Crippen LogP contribution in [0, 0.1) is 17.5 Å². The standard InChI is InChI=1S/C11H7F3N2/c12-8-4-6(5-9(13)10(8)14)7-2-1-3-16-11(7)15/h1-5H,(H2,15,16). The van der Waals surface area contributed by atoms with E-state index in [4.69, 9.17) is 5.73 Å². The number of halogens is 3. The average molecular weight is 224 g/mol. The van der Waals surface area contributed by atoms with E-state index < -0.39 is 17.5 Å². The minimum Gasteiger partial charge on any atom is -0.383 e. The Bertz CT molecular complexity index is 517. The van der Waals surface area contributed by atoms with Gasteiger partial charge in [0.25, 0.3) is 0 Å². The second-order valence-corrected chi connectivity index (χ2v) is 3.19. The van der Waals surface area contributed by atoms with Crippen LogP contribution in [0.4, 0.5) is 19.0 Å². The largest absolute Gasteiger partial charge is 0.383 e. The van der Waals surface area contributed by atoms with E-state index in [1.807, 2.05) is 0 Å². The van der Waals surface area contributed by atoms with Crippen molar-refractivity contribution in [1.29, 1.82) is 0 Å². The number of hydrogen-bond acceptors (Lipinski definition) is 2. The molecule has 5 heteroatoms. The number of nitrogens with two attached hydrogens (primary N) is 1. The van der Waals surface area contributed by atoms with E-state index in [1.54, 1.807) is 12.1 Å². The fourth-order valence-corrected chi connectivity index (χ4v) is 1.37. The maximum Gasteiger partial charge on any atom is 0.194 e. The maximum atomic E-state index is 13.0. The molecule has 0 saturated carbocycles. The van der Waals surface area contributed by atoms with Crippen LogP contribution in [0.2, 0.25) is 0 Å². The van der Waals surface area contributed by atoms with Crippen LogP contribution in [-0.2, 0) is 0 Å². The van der Waals surface area contributed by atoms with E-state index in [9.17, 15) is 13.2 Å². The molecule has 0 aliphatic carbocycles. The molecule has 0 fully saturated rings. The molecule has 1 heterocycles. The minimum absolute atomic E-state index is 0.132. The van der Waals surface area contributed by atoms with Gasteiger partial charge in [0.15, 0.2) is 17.5 Å². The number of aromatic nitrogens is 1. The molecule has 82 valence electrons. The molecule has 1 aromatic heterocycles. The van der Waals surface area contributed by atoms with Gasteiger partial charge < -0.3 is 5.73 Å². The maximum absolute atomic E-state index is 13.0. The molecule has 0 radical (unpaired) electrons. The highest BCUT2D eigenvalue weighted by Gasteiger charge is 2.12. The van der Waals surface area contributed by atoms with Crippen molar-refractivity contribution in [2.75, 3.05) is 5.73 Å². The van der Waals surface area contributed by atoms with Gasteiger partial charge in [0.2, 0.25) is 0 Å². The molecule has 0 aliphatic heterocycles. The van der Waals surface area contributed by atoms with Crippen LogP contribution in [0.25, 0.3) is 11.1 Å². The zero-order valence-corrected chi connectivity index (χ0v) is 8.05. The molecule has 0 spiro atoms. The molecular formula is C11H7F3N2. The number of benzene rings is 1. The first-order valence-corrected chi connectivity index (χ1v) is 4.45. The molecule has 0 aliphatic rings. The summed E-state index contributed by atoms with van der Waals surface area (Å²) in [6.45, 7) is 0. The lowest BCUT2D eigenvalue weighted by atomic mass is 10.1. The lowest BCUT2D eigenvalue weighted by molar-refractivity contribution is 0.448. The molecule has 1 aromatic carbocycles. The zero-order chi connectivity index (χ0) is 11.7. The molecule has 0 amide bonds. The predicted octanol–water partition coefficient (Wildman–Crippen LogP) is 2.75. The normalized spacial score (nSPS) is 10.4. The predicted molar refractivity (Wildman–Crippen MR) is 54.0 cm³/mol. The van der Waals surface area contributed by atoms with Crippen molar-refractivity contribution in [1.82, 2.24) is 4.98 Å². The van der Waals surface area contributed by atoms with Gasteiger partial charge >= 0.3 is 0 Å². The lowest BCUT2D eigenvalue weighted by Gasteiger charge is -2.05. The second-order valence-electron chi connectivity index (χ2n) is 3.19. The van der Waals surface area contributed by atoms with Crippen molar-refractivity contribution < 1.29 is 13.2 Å². The van der Waals surface area contributed by atoms with Crippen molar-refractivity contribution >= 4 is 5.82 Å². The van der Waals surface area contributed by atoms with Crippen LogP contribution in [0.1, 0.15) is 0 Å². The fourth-order valence-electron chi connectivity index (χ4n) is 1.37. The number of anilines is 1. The first-order chi connectivity index (χ1) is 7.59. The average Bonchev–Trinajstić information content (AvgIpc) is 2.26. The Balaban J connectivity index is 2.62. The molecule has 2 N–H and O–H groups in total. The van der Waals surface area contributed by atoms with Crippen LogP contribution in [-0.4, -0.2) is 4.98 Å². The first-order valence-electron chi connectivity index (χ1n) is 4.45. The van der Waals surface area contributed by atoms with Crippen molar-refractivity contribution in [3.63, 3.8) is 0 Å². The highest BCUT2D eigenvalue weighted by atomic mass is 19.2. The van der Waals surface area contributed by atoms with E-state index >= 15 is 0 Å². The highest BCUT2D eigenvalue weighted by molar-refractivity contribution is 5.73. The van der Waals surface area contributed by atoms with Crippen LogP contribution in [0.5, 0.6) is 0 Å². The Morgan fingerprint density at radius 3 is 2.25 bits per heavy atom. The summed E-state index contributed by atoms with van der Waals surface area (Å²) in [5.41, 5.74) is 6.06. The molecule has 2 rings (SSSR count). The Labute approximate surface area is 89.5 Å². The van der Waals surface area contributed by atoms with E-state index in [1.165, 1.54) is 6.20 Å². The number of hydrogen-bond donors (Lipinski definition) is 1. The lowest BCUT2D eigenvalue weighted by Crippen LogP contribution is -1.96. The van der Waals surface area contributed by atoms with Crippen molar-refractivity contribution in [3.05, 3.63) is 47.9 Å². The van der Waals surface area contributed by atoms with E-state index in [2.05, 4.69) is 4.98 Å². The summed E-state index contributed by atoms with van der Waals surface area (Å²) in [5.74, 6) is -3.87. The Kier molecular flexibility index (Phi) is 2.52. The summed E-state index contributed by atoms with van der Waals surface area (Å²) >= 11 is 0. The van der Waals surface area contributed by atoms with Gasteiger partial charge in [-0.1, -0.05) is 0 Å². The summed E-state index contributed by atoms with van der Waals surface area (Å²) in [6.07, 6.45) is 1.45. The Morgan fingerprint density at radius 1 is 1.06 bits per heavy atom. The summed E-state index contributed by atoms with van der Waals surface area (Å²) in [6, 6.07) is 4.89. The summed E-state index contributed by atoms with van der Waals surface area (Å²) < 4.78 is 38.7. The smallest absolute Gasteiger partial charge is 0.194 e. The fraction of sp³-hybridized carbons (Fsp3) is 0. The molecule has 2 nitrogen and oxygen atoms in total. The molecule has 2 aromatic rings. The molecule has 0 atom stereocenters. The quantitative estimate of drug-likeness (QED) is 0.756. The van der Waals surface area contributed by atoms with Gasteiger partial charge in [-0.05, 0) is 29.8 Å². The molecule has 0 bridgehead atoms. The molecule has 16 heavy (non-hydrogen) atoms. The van der Waals surface area contributed by atoms with Crippen molar-refractivity contribution in [3.8, 4) is 11.1 Å². The van der Waals surface area contributed by atoms with Gasteiger partial charge in [-0.25, -0.2) is 18.2 Å². The third-order valence-electron chi connectivity index (χ3n) is 2.13. The second kappa shape index (κ2) is 3.84. The van der Waals surface area contributed by atoms with Gasteiger partial charge in [0.05, 0.1) is 0 Å². The number of nitrogen functional groups attached to an aromatic ring is 1. The van der Waals surface area contributed by atoms with Crippen LogP contribution in [0.3, 0.4) is 0 Å². The van der Waals surface area contributed by atoms with Crippen LogP contribution in [0.15, 0.2) is 30.5 Å². The Morgan fingerprint density at radius 2 is 1.69 bits per heavy atom. The third kappa shape index (κ3) is 1.71. The third-order valence-corrected chi connectivity index (χ3v) is 2.13. The minimum atomic E-state index is -1.49. The van der Waals surface area contributed by atoms with Crippen LogP contribution < -0.4 is 5.73 Å². The number of pyridine rings is 1. The SMILES string of the molecule is Nc1ncccc1-c1cc(F)c(F)c(F)c1. The Hall–Kier alpha value is -2.04. The van der Waals surface area contributed by atoms with Gasteiger partial charge in [-0.2, -0.15) is 0 Å². The molecule has 0 unspecified atom stereocenters. The topological polar surface area (TPSA) is 38.9 Å². The van der Waals surface area contributed by atoms with Gasteiger partial charge in [-0.3, -0.25) is 0 Å². The van der Waals surface area contributed by atoms with Crippen molar-refractivity contribution in [2.24, 2.45) is 0 Å². The van der Waals surface area contributed by atoms with Gasteiger partial charge in [-0.15, -0.1) is 0 Å². The van der Waals surface area contributed by atoms with E-state index in [-0.39, 0.29) is 11.4 Å². The van der Waals surface area contributed by atoms with E-state index in [0.717, 1.165) is 12.1 Å². The number of rotatable bonds is 1. The summed E-state index contributed by atoms with van der Waals surface area (Å²) in [7, 11) is 0. The number of nitrogens with zero attached hydrogens (tertiary/aromatic N) is 1. The highest BCUT2D eigenvalue weighted by Crippen LogP contribution is 2.26. The molecular weight excluding hydrogens is 217 g/mol. The van der Waals surface area contributed by atoms with Gasteiger partial charge in [0.1, 0.15) is 5.82 Å². The van der Waals surface area contributed by atoms with Gasteiger partial charge in [0, 0.05) is 11.8 Å². The first kappa shape index (κ1) is 10.5. The monoisotopic (exact) mass is 224 g/mol. The summed E-state index contributed by atoms with van der Waals surface area (Å²) in [4.78, 5) is 3.78. The zero-order valence-electron chi connectivity index (χ0n) is 8.05. The summed E-state index contributed by atoms with van der Waals surface area (Å²) in [5, 5.41) is 0.